The number of carbonyl (C=O) groups is 1. The van der Waals surface area contributed by atoms with Gasteiger partial charge in [-0.1, -0.05) is 35.4 Å². The molecule has 1 aromatic rings. The standard InChI is InChI=1S/C23H31BrF3N3O/c1-16(18-4-2-3-5-18)28-8-11-30-9-6-17(7-10-30)15-29-22(31)19-12-20(23(25,26)27)14-21(24)13-19/h12-14,17-18,28H,1-11,15H2,(H,29,31). The lowest BCUT2D eigenvalue weighted by Crippen LogP contribution is -2.41. The molecule has 1 amide bonds. The molecule has 1 aliphatic carbocycles. The zero-order chi connectivity index (χ0) is 22.4. The van der Waals surface area contributed by atoms with Crippen LogP contribution in [0.5, 0.6) is 0 Å². The van der Waals surface area contributed by atoms with Crippen molar-refractivity contribution in [2.45, 2.75) is 44.7 Å². The lowest BCUT2D eigenvalue weighted by atomic mass is 9.96. The maximum absolute atomic E-state index is 13.0. The zero-order valence-electron chi connectivity index (χ0n) is 17.7. The van der Waals surface area contributed by atoms with Gasteiger partial charge in [-0.3, -0.25) is 4.79 Å². The molecule has 0 aromatic heterocycles. The van der Waals surface area contributed by atoms with E-state index in [1.807, 2.05) is 0 Å². The number of rotatable bonds is 8. The number of benzene rings is 1. The summed E-state index contributed by atoms with van der Waals surface area (Å²) in [5.74, 6) is 0.506. The fourth-order valence-corrected chi connectivity index (χ4v) is 4.92. The number of nitrogens with one attached hydrogen (secondary N) is 2. The highest BCUT2D eigenvalue weighted by molar-refractivity contribution is 9.10. The fraction of sp³-hybridized carbons (Fsp3) is 0.609. The average molecular weight is 502 g/mol. The number of alkyl halides is 3. The smallest absolute Gasteiger partial charge is 0.387 e. The summed E-state index contributed by atoms with van der Waals surface area (Å²) in [5, 5.41) is 6.29. The summed E-state index contributed by atoms with van der Waals surface area (Å²) in [6.45, 7) is 8.48. The van der Waals surface area contributed by atoms with Gasteiger partial charge in [0.2, 0.25) is 0 Å². The van der Waals surface area contributed by atoms with Gasteiger partial charge in [0.1, 0.15) is 0 Å². The van der Waals surface area contributed by atoms with Crippen LogP contribution in [-0.4, -0.2) is 43.5 Å². The highest BCUT2D eigenvalue weighted by Gasteiger charge is 2.31. The Morgan fingerprint density at radius 3 is 2.42 bits per heavy atom. The summed E-state index contributed by atoms with van der Waals surface area (Å²) < 4.78 is 39.1. The summed E-state index contributed by atoms with van der Waals surface area (Å²) in [5.41, 5.74) is 0.369. The Morgan fingerprint density at radius 1 is 1.10 bits per heavy atom. The minimum atomic E-state index is -4.48. The van der Waals surface area contributed by atoms with Gasteiger partial charge in [-0.25, -0.2) is 0 Å². The van der Waals surface area contributed by atoms with Crippen LogP contribution in [-0.2, 0) is 6.18 Å². The summed E-state index contributed by atoms with van der Waals surface area (Å²) in [4.78, 5) is 14.8. The quantitative estimate of drug-likeness (QED) is 0.514. The van der Waals surface area contributed by atoms with Crippen LogP contribution in [0, 0.1) is 11.8 Å². The third-order valence-corrected chi connectivity index (χ3v) is 6.83. The normalized spacial score (nSPS) is 18.8. The summed E-state index contributed by atoms with van der Waals surface area (Å²) in [6, 6.07) is 3.29. The molecule has 4 nitrogen and oxygen atoms in total. The summed E-state index contributed by atoms with van der Waals surface area (Å²) in [6.07, 6.45) is 2.57. The first-order valence-electron chi connectivity index (χ1n) is 11.0. The second kappa shape index (κ2) is 10.9. The zero-order valence-corrected chi connectivity index (χ0v) is 19.3. The van der Waals surface area contributed by atoms with Crippen LogP contribution in [0.2, 0.25) is 0 Å². The molecule has 0 radical (unpaired) electrons. The van der Waals surface area contributed by atoms with Crippen LogP contribution < -0.4 is 10.6 Å². The predicted molar refractivity (Wildman–Crippen MR) is 120 cm³/mol. The van der Waals surface area contributed by atoms with E-state index in [2.05, 4.69) is 38.0 Å². The molecule has 1 aromatic carbocycles. The summed E-state index contributed by atoms with van der Waals surface area (Å²) in [7, 11) is 0. The highest BCUT2D eigenvalue weighted by Crippen LogP contribution is 2.32. The maximum atomic E-state index is 13.0. The minimum absolute atomic E-state index is 0.0210. The summed E-state index contributed by atoms with van der Waals surface area (Å²) >= 11 is 3.06. The Kier molecular flexibility index (Phi) is 8.44. The lowest BCUT2D eigenvalue weighted by molar-refractivity contribution is -0.137. The third-order valence-electron chi connectivity index (χ3n) is 6.37. The molecule has 1 saturated heterocycles. The maximum Gasteiger partial charge on any atom is 0.416 e. The fourth-order valence-electron chi connectivity index (χ4n) is 4.43. The van der Waals surface area contributed by atoms with Crippen molar-refractivity contribution < 1.29 is 18.0 Å². The molecule has 2 fully saturated rings. The molecule has 2 aliphatic rings. The van der Waals surface area contributed by atoms with Crippen molar-refractivity contribution in [3.05, 3.63) is 46.1 Å². The SMILES string of the molecule is C=C(NCCN1CCC(CNC(=O)c2cc(Br)cc(C(F)(F)F)c2)CC1)C1CCCC1. The average Bonchev–Trinajstić information content (AvgIpc) is 3.27. The van der Waals surface area contributed by atoms with Crippen molar-refractivity contribution in [1.29, 1.82) is 0 Å². The second-order valence-corrected chi connectivity index (χ2v) is 9.57. The van der Waals surface area contributed by atoms with E-state index >= 15 is 0 Å². The number of hydrogen-bond acceptors (Lipinski definition) is 3. The number of allylic oxidation sites excluding steroid dienone is 1. The van der Waals surface area contributed by atoms with Gasteiger partial charge in [0, 0.05) is 35.4 Å². The van der Waals surface area contributed by atoms with Crippen molar-refractivity contribution >= 4 is 21.8 Å². The van der Waals surface area contributed by atoms with Crippen molar-refractivity contribution in [2.75, 3.05) is 32.7 Å². The molecular formula is C23H31BrF3N3O. The Labute approximate surface area is 190 Å². The molecule has 0 spiro atoms. The van der Waals surface area contributed by atoms with Crippen molar-refractivity contribution in [3.8, 4) is 0 Å². The van der Waals surface area contributed by atoms with Gasteiger partial charge in [-0.15, -0.1) is 0 Å². The monoisotopic (exact) mass is 501 g/mol. The van der Waals surface area contributed by atoms with E-state index in [4.69, 9.17) is 0 Å². The topological polar surface area (TPSA) is 44.4 Å². The van der Waals surface area contributed by atoms with Crippen LogP contribution in [0.1, 0.15) is 54.4 Å². The number of carbonyl (C=O) groups excluding carboxylic acids is 1. The molecule has 31 heavy (non-hydrogen) atoms. The van der Waals surface area contributed by atoms with Gasteiger partial charge in [-0.2, -0.15) is 13.2 Å². The Morgan fingerprint density at radius 2 is 1.77 bits per heavy atom. The molecule has 172 valence electrons. The third kappa shape index (κ3) is 7.24. The second-order valence-electron chi connectivity index (χ2n) is 8.65. The molecule has 0 atom stereocenters. The van der Waals surface area contributed by atoms with Crippen LogP contribution in [0.3, 0.4) is 0 Å². The molecule has 1 heterocycles. The predicted octanol–water partition coefficient (Wildman–Crippen LogP) is 5.20. The molecule has 1 saturated carbocycles. The molecule has 0 unspecified atom stereocenters. The van der Waals surface area contributed by atoms with Crippen molar-refractivity contribution in [1.82, 2.24) is 15.5 Å². The van der Waals surface area contributed by atoms with Crippen molar-refractivity contribution in [3.63, 3.8) is 0 Å². The number of hydrogen-bond donors (Lipinski definition) is 2. The van der Waals surface area contributed by atoms with Gasteiger partial charge in [0.25, 0.3) is 5.91 Å². The number of nitrogens with zero attached hydrogens (tertiary/aromatic N) is 1. The van der Waals surface area contributed by atoms with Crippen LogP contribution in [0.4, 0.5) is 13.2 Å². The Hall–Kier alpha value is -1.54. The van der Waals surface area contributed by atoms with Crippen LogP contribution in [0.15, 0.2) is 34.9 Å². The molecule has 0 bridgehead atoms. The van der Waals surface area contributed by atoms with Gasteiger partial charge < -0.3 is 15.5 Å². The van der Waals surface area contributed by atoms with E-state index in [1.165, 1.54) is 37.4 Å². The minimum Gasteiger partial charge on any atom is -0.387 e. The van der Waals surface area contributed by atoms with Gasteiger partial charge in [0.05, 0.1) is 5.56 Å². The molecule has 3 rings (SSSR count). The molecule has 8 heteroatoms. The highest BCUT2D eigenvalue weighted by atomic mass is 79.9. The largest absolute Gasteiger partial charge is 0.416 e. The first-order valence-corrected chi connectivity index (χ1v) is 11.8. The van der Waals surface area contributed by atoms with Crippen molar-refractivity contribution in [2.24, 2.45) is 11.8 Å². The van der Waals surface area contributed by atoms with Gasteiger partial charge >= 0.3 is 6.18 Å². The molecule has 2 N–H and O–H groups in total. The number of halogens is 4. The van der Waals surface area contributed by atoms with E-state index in [0.29, 0.717) is 18.4 Å². The van der Waals surface area contributed by atoms with Gasteiger partial charge in [0.15, 0.2) is 0 Å². The van der Waals surface area contributed by atoms with E-state index in [1.54, 1.807) is 0 Å². The Balaban J connectivity index is 1.37. The molecular weight excluding hydrogens is 471 g/mol. The Bertz CT molecular complexity index is 770. The number of piperidine rings is 1. The van der Waals surface area contributed by atoms with E-state index in [0.717, 1.165) is 51.2 Å². The van der Waals surface area contributed by atoms with E-state index in [9.17, 15) is 18.0 Å². The lowest BCUT2D eigenvalue weighted by Gasteiger charge is -2.32. The first-order chi connectivity index (χ1) is 14.7. The number of likely N-dealkylation sites (tertiary alicyclic amines) is 1. The van der Waals surface area contributed by atoms with E-state index in [-0.39, 0.29) is 10.0 Å². The van der Waals surface area contributed by atoms with Crippen LogP contribution in [0.25, 0.3) is 0 Å². The van der Waals surface area contributed by atoms with Crippen LogP contribution >= 0.6 is 15.9 Å². The van der Waals surface area contributed by atoms with Gasteiger partial charge in [-0.05, 0) is 68.8 Å². The number of amides is 1. The molecule has 1 aliphatic heterocycles. The van der Waals surface area contributed by atoms with E-state index < -0.39 is 17.6 Å². The first kappa shape index (κ1) is 24.1.